The van der Waals surface area contributed by atoms with E-state index in [0.29, 0.717) is 41.7 Å². The molecule has 15 atom stereocenters. The largest absolute Gasteiger partial charge is 0.481 e. The highest BCUT2D eigenvalue weighted by Crippen LogP contribution is 2.32. The lowest BCUT2D eigenvalue weighted by Gasteiger charge is -2.32. The first-order chi connectivity index (χ1) is 68.8. The number of carbonyl (C=O) groups is 19. The summed E-state index contributed by atoms with van der Waals surface area (Å²) in [4.78, 5) is 279. The molecule has 1 aliphatic carbocycles. The van der Waals surface area contributed by atoms with Gasteiger partial charge in [0.2, 0.25) is 100 Å². The molecule has 3 fully saturated rings. The van der Waals surface area contributed by atoms with Gasteiger partial charge in [-0.15, -0.1) is 11.8 Å². The monoisotopic (exact) mass is 2050 g/mol. The number of aryl methyl sites for hydroxylation is 1. The molecule has 42 nitrogen and oxygen atoms in total. The van der Waals surface area contributed by atoms with Gasteiger partial charge in [-0.1, -0.05) is 163 Å². The van der Waals surface area contributed by atoms with Crippen molar-refractivity contribution in [3.05, 3.63) is 131 Å². The number of hydrogen-bond donors (Lipinski definition) is 20. The molecular weight excluding hydrogens is 1910 g/mol. The number of amides is 17. The number of aliphatic carboxylic acids is 1. The average Bonchev–Trinajstić information content (AvgIpc) is 0.830. The maximum absolute atomic E-state index is 15.6. The topological polar surface area (TPSA) is 673 Å². The summed E-state index contributed by atoms with van der Waals surface area (Å²) in [5.74, 6) is -24.0. The van der Waals surface area contributed by atoms with E-state index in [0.717, 1.165) is 53.6 Å². The van der Waals surface area contributed by atoms with E-state index in [-0.39, 0.29) is 121 Å². The van der Waals surface area contributed by atoms with Crippen LogP contribution in [0.4, 0.5) is 13.2 Å². The second kappa shape index (κ2) is 60.0. The summed E-state index contributed by atoms with van der Waals surface area (Å²) in [6.07, 6.45) is -7.79. The Hall–Kier alpha value is -13.0. The van der Waals surface area contributed by atoms with Gasteiger partial charge in [0.25, 0.3) is 0 Å². The Balaban J connectivity index is 1.37. The van der Waals surface area contributed by atoms with Gasteiger partial charge in [-0.25, -0.2) is 0 Å². The number of primary amides is 3. The number of ketones is 1. The first-order valence-corrected chi connectivity index (χ1v) is 50.1. The lowest BCUT2D eigenvalue weighted by atomic mass is 9.84. The van der Waals surface area contributed by atoms with Gasteiger partial charge in [0, 0.05) is 70.5 Å². The zero-order valence-corrected chi connectivity index (χ0v) is 83.5. The highest BCUT2D eigenvalue weighted by atomic mass is 32.2. The van der Waals surface area contributed by atoms with Crippen LogP contribution in [0.2, 0.25) is 0 Å². The Bertz CT molecular complexity index is 5060. The number of morpholine rings is 1. The van der Waals surface area contributed by atoms with Crippen LogP contribution < -0.4 is 104 Å². The average molecular weight is 2050 g/mol. The molecule has 0 aromatic heterocycles. The summed E-state index contributed by atoms with van der Waals surface area (Å²) in [5.41, 5.74) is 35.9. The van der Waals surface area contributed by atoms with Crippen molar-refractivity contribution in [2.75, 3.05) is 71.0 Å². The molecule has 4 aromatic carbocycles. The van der Waals surface area contributed by atoms with Gasteiger partial charge in [-0.2, -0.15) is 13.2 Å². The van der Waals surface area contributed by atoms with Crippen molar-refractivity contribution in [2.24, 2.45) is 58.1 Å². The minimum Gasteiger partial charge on any atom is -0.481 e. The van der Waals surface area contributed by atoms with E-state index in [4.69, 9.17) is 39.1 Å². The number of carbonyl (C=O) groups excluding carboxylic acids is 18. The number of nitrogens with zero attached hydrogens (tertiary/aromatic N) is 2. The van der Waals surface area contributed by atoms with E-state index >= 15 is 28.8 Å². The molecule has 17 amide bonds. The number of Topliss-reactive ketones (excluding diaryl/α,β-unsaturated/α-hetero) is 1. The van der Waals surface area contributed by atoms with Crippen molar-refractivity contribution in [1.82, 2.24) is 78.9 Å². The molecule has 46 heteroatoms. The van der Waals surface area contributed by atoms with Crippen LogP contribution >= 0.6 is 11.8 Å². The van der Waals surface area contributed by atoms with Gasteiger partial charge in [0.1, 0.15) is 78.5 Å². The summed E-state index contributed by atoms with van der Waals surface area (Å²) in [5, 5.41) is 44.2. The first kappa shape index (κ1) is 119. The Labute approximate surface area is 844 Å². The Morgan fingerprint density at radius 1 is 0.490 bits per heavy atom. The van der Waals surface area contributed by atoms with E-state index in [1.54, 1.807) is 105 Å². The summed E-state index contributed by atoms with van der Waals surface area (Å²) in [7, 11) is 1.18. The second-order valence-corrected chi connectivity index (χ2v) is 38.6. The summed E-state index contributed by atoms with van der Waals surface area (Å²) in [6, 6.07) is 3.76. The molecule has 2 saturated heterocycles. The lowest BCUT2D eigenvalue weighted by Crippen LogP contribution is -2.61. The smallest absolute Gasteiger partial charge is 0.416 e. The first-order valence-electron chi connectivity index (χ1n) is 49.0. The third-order valence-electron chi connectivity index (χ3n) is 25.3. The number of ether oxygens (including phenoxy) is 1. The van der Waals surface area contributed by atoms with Crippen molar-refractivity contribution in [2.45, 2.75) is 260 Å². The van der Waals surface area contributed by atoms with Crippen LogP contribution in [0, 0.1) is 23.7 Å². The molecule has 0 bridgehead atoms. The van der Waals surface area contributed by atoms with Gasteiger partial charge >= 0.3 is 12.1 Å². The Morgan fingerprint density at radius 2 is 0.972 bits per heavy atom. The van der Waals surface area contributed by atoms with Crippen molar-refractivity contribution in [1.29, 1.82) is 0 Å². The third kappa shape index (κ3) is 40.5. The number of nitrogens with one attached hydrogen (secondary N) is 13. The van der Waals surface area contributed by atoms with E-state index in [2.05, 4.69) is 69.1 Å². The zero-order valence-electron chi connectivity index (χ0n) is 82.7. The van der Waals surface area contributed by atoms with Gasteiger partial charge in [-0.3, -0.25) is 96.0 Å². The maximum Gasteiger partial charge on any atom is 0.416 e. The minimum absolute atomic E-state index is 0.0290. The quantitative estimate of drug-likeness (QED) is 0.0272. The van der Waals surface area contributed by atoms with Crippen LogP contribution in [-0.2, 0) is 121 Å². The molecule has 4 aromatic rings. The van der Waals surface area contributed by atoms with Crippen molar-refractivity contribution >= 4 is 124 Å². The number of carboxylic acids is 1. The van der Waals surface area contributed by atoms with E-state index in [1.807, 2.05) is 12.1 Å². The van der Waals surface area contributed by atoms with Crippen molar-refractivity contribution in [3.8, 4) is 11.1 Å². The van der Waals surface area contributed by atoms with E-state index in [9.17, 15) is 80.6 Å². The van der Waals surface area contributed by atoms with Crippen molar-refractivity contribution in [3.63, 3.8) is 0 Å². The molecule has 0 radical (unpaired) electrons. The molecule has 796 valence electrons. The highest BCUT2D eigenvalue weighted by molar-refractivity contribution is 8.00. The summed E-state index contributed by atoms with van der Waals surface area (Å²) < 4.78 is 49.4. The fraction of sp³-hybridized carbons (Fsp3) is 0.566. The van der Waals surface area contributed by atoms with Crippen LogP contribution in [0.3, 0.4) is 0 Å². The van der Waals surface area contributed by atoms with Gasteiger partial charge in [-0.05, 0) is 142 Å². The molecule has 2 heterocycles. The number of halogens is 3. The molecule has 26 N–H and O–H groups in total. The number of carboxylic acid groups (broad SMARTS) is 1. The zero-order chi connectivity index (χ0) is 107. The molecular formula is C99H142F3N21O21S. The van der Waals surface area contributed by atoms with Crippen LogP contribution in [0.15, 0.2) is 109 Å². The van der Waals surface area contributed by atoms with Crippen LogP contribution in [0.5, 0.6) is 0 Å². The van der Waals surface area contributed by atoms with Crippen LogP contribution in [0.25, 0.3) is 11.1 Å². The predicted molar refractivity (Wildman–Crippen MR) is 530 cm³/mol. The summed E-state index contributed by atoms with van der Waals surface area (Å²) in [6.45, 7) is 7.90. The van der Waals surface area contributed by atoms with Crippen molar-refractivity contribution < 1.29 is 114 Å². The molecule has 0 spiro atoms. The third-order valence-corrected chi connectivity index (χ3v) is 26.3. The van der Waals surface area contributed by atoms with Gasteiger partial charge < -0.3 is 118 Å². The van der Waals surface area contributed by atoms with E-state index < -0.39 is 283 Å². The van der Waals surface area contributed by atoms with Crippen LogP contribution in [-0.4, -0.2) is 283 Å². The predicted octanol–water partition coefficient (Wildman–Crippen LogP) is -0.806. The number of nitrogens with two attached hydrogens (primary N) is 6. The minimum atomic E-state index is -5.01. The standard InChI is InChI=1S/C99H142F3N21O21S/c1-56(2)46-72-91(136)112-70(38-41-105)90(135)117-74(48-60-20-12-8-13-21-60)95(140)121-84(57(3)4)97(142)113-67(26-17-39-103)87(132)120-78(79(124)51-65(37-40-104)85(108)130)54-145-55-82(127)109-77(53-123-42-44-144-45-43-123)96(141)111-69(33-35-80(106)125)89(134)119-76(52-83(128)129)94(139)118-75(50-62-22-16-25-66(47-62)99(100,101)102)92(137)110-68(32-29-59-18-10-7-11-19-59)88(133)116-73(49-61-27-30-64(31-28-61)63-23-14-9-15-24-63)93(138)114-71(34-36-81(107)126)98(143)122(6)58(5)86(131)115-72/h7,9-11,14-16,18-19,22-25,27-28,30-31,47,56-58,60,65,67-78,84H,8,12-13,17,20-21,26,29,32-46,48-55,103-105H2,1-6H3,(H2,106,125)(H2,107,126)(H2,108,130)(H,109,127)(H,110,137)(H,111,141)(H,112,136)(H,113,142)(H,114,138)(H,115,131)(H,116,133)(H,117,135)(H,118,139)(H,119,134)(H,120,132)(H,121,140)(H,128,129)/t58-,65+,67?,68-,69?,70-,71?,72+,73-,74?,75?,76-,77?,78-,84?/m0/s1. The number of rotatable bonds is 34. The van der Waals surface area contributed by atoms with Gasteiger partial charge in [0.15, 0.2) is 5.78 Å². The Morgan fingerprint density at radius 3 is 1.53 bits per heavy atom. The number of hydrogen-bond acceptors (Lipinski definition) is 25. The maximum atomic E-state index is 15.6. The van der Waals surface area contributed by atoms with Crippen LogP contribution in [0.1, 0.15) is 172 Å². The number of benzene rings is 4. The van der Waals surface area contributed by atoms with Gasteiger partial charge in [0.05, 0.1) is 37.0 Å². The lowest BCUT2D eigenvalue weighted by molar-refractivity contribution is -0.143. The SMILES string of the molecule is CC(C)C[C@H]1NC(=O)[C@H](C)N(C)C(=O)C(CCC(N)=O)NC(=O)[C@H](Cc2ccc(-c3ccccc3)cc2)NC(=O)[C@H](CCc2ccccc2)NC(=O)C(Cc2cccc(C(F)(F)F)c2)NC(=O)[C@H](CC(=O)O)NC(=O)C(CCC(N)=O)NC(=O)C(CN2CCOCC2)NC(=O)CSC[C@@H](C(=O)C[C@@H](CCN)C(N)=O)NC(=O)C(CCCN)NC(=O)C(C(C)C)NC(=O)C(CC2CCCCC2)NC(=O)[C@H](CCN)NC1=O. The fourth-order valence-electron chi connectivity index (χ4n) is 16.9. The molecule has 7 unspecified atom stereocenters. The normalized spacial score (nSPS) is 24.1. The molecule has 2 aliphatic heterocycles. The number of thioether (sulfide) groups is 1. The molecule has 7 rings (SSSR count). The summed E-state index contributed by atoms with van der Waals surface area (Å²) >= 11 is 0.740. The molecule has 1 saturated carbocycles. The fourth-order valence-corrected chi connectivity index (χ4v) is 17.8. The molecule has 145 heavy (non-hydrogen) atoms. The number of likely N-dealkylation sites (N-methyl/N-ethyl adjacent to an activating group) is 1. The second-order valence-electron chi connectivity index (χ2n) is 37.6. The Kier molecular flexibility index (Phi) is 49.2. The van der Waals surface area contributed by atoms with E-state index in [1.165, 1.54) is 14.0 Å². The molecule has 3 aliphatic rings. The number of alkyl halides is 3. The highest BCUT2D eigenvalue weighted by Gasteiger charge is 2.43.